The van der Waals surface area contributed by atoms with Gasteiger partial charge in [0.25, 0.3) is 0 Å². The van der Waals surface area contributed by atoms with Crippen LogP contribution in [0.3, 0.4) is 0 Å². The van der Waals surface area contributed by atoms with Crippen LogP contribution in [0.2, 0.25) is 0 Å². The SMILES string of the molecule is CC(=O)[O-].[CH2]CO.[Hg+]. The Labute approximate surface area is 69.2 Å². The van der Waals surface area contributed by atoms with E-state index in [1.807, 2.05) is 0 Å². The zero-order valence-electron chi connectivity index (χ0n) is 4.89. The maximum atomic E-state index is 8.89. The molecule has 0 saturated carbocycles. The number of aliphatic carboxylic acids is 1. The van der Waals surface area contributed by atoms with Crippen molar-refractivity contribution in [2.75, 3.05) is 6.61 Å². The first-order valence-electron chi connectivity index (χ1n) is 1.72. The van der Waals surface area contributed by atoms with Crippen LogP contribution in [0.15, 0.2) is 0 Å². The Hall–Kier alpha value is 0.365. The van der Waals surface area contributed by atoms with Gasteiger partial charge in [-0.2, -0.15) is 0 Å². The topological polar surface area (TPSA) is 60.4 Å². The summed E-state index contributed by atoms with van der Waals surface area (Å²) in [6.07, 6.45) is 0. The molecule has 0 unspecified atom stereocenters. The summed E-state index contributed by atoms with van der Waals surface area (Å²) in [7, 11) is 0. The molecule has 0 atom stereocenters. The van der Waals surface area contributed by atoms with Crippen LogP contribution in [-0.4, -0.2) is 17.7 Å². The normalized spacial score (nSPS) is 5.38. The van der Waals surface area contributed by atoms with Crippen LogP contribution in [0.25, 0.3) is 0 Å². The Balaban J connectivity index is -0.0000000575. The molecule has 0 saturated heterocycles. The minimum atomic E-state index is -1.08. The number of aliphatic hydroxyl groups excluding tert-OH is 1. The molecular weight excluding hydrogens is 297 g/mol. The van der Waals surface area contributed by atoms with E-state index in [1.54, 1.807) is 0 Å². The molecule has 8 heavy (non-hydrogen) atoms. The zero-order valence-corrected chi connectivity index (χ0v) is 10.4. The second-order valence-corrected chi connectivity index (χ2v) is 0.715. The molecule has 0 bridgehead atoms. The van der Waals surface area contributed by atoms with Crippen LogP contribution < -0.4 is 5.11 Å². The molecule has 44 valence electrons. The third-order valence-electron chi connectivity index (χ3n) is 0. The van der Waals surface area contributed by atoms with Gasteiger partial charge < -0.3 is 15.0 Å². The molecule has 0 aliphatic carbocycles. The van der Waals surface area contributed by atoms with Gasteiger partial charge in [-0.25, -0.2) is 0 Å². The Morgan fingerprint density at radius 3 is 1.88 bits per heavy atom. The molecule has 0 rings (SSSR count). The second kappa shape index (κ2) is 15.7. The summed E-state index contributed by atoms with van der Waals surface area (Å²) in [4.78, 5) is 8.89. The van der Waals surface area contributed by atoms with Crippen LogP contribution in [0.5, 0.6) is 0 Å². The zero-order chi connectivity index (χ0) is 6.28. The molecule has 0 aliphatic heterocycles. The van der Waals surface area contributed by atoms with Gasteiger partial charge in [0.15, 0.2) is 0 Å². The van der Waals surface area contributed by atoms with Gasteiger partial charge >= 0.3 is 27.7 Å². The molecule has 0 fully saturated rings. The summed E-state index contributed by atoms with van der Waals surface area (Å²) in [5, 5.41) is 16.3. The second-order valence-electron chi connectivity index (χ2n) is 0.715. The monoisotopic (exact) mass is 306 g/mol. The number of carbonyl (C=O) groups is 1. The van der Waals surface area contributed by atoms with E-state index in [9.17, 15) is 0 Å². The minimum absolute atomic E-state index is 0. The van der Waals surface area contributed by atoms with Gasteiger partial charge in [0, 0.05) is 12.6 Å². The standard InChI is InChI=1S/C2H4O2.C2H5O.Hg/c1-2(3)4;1-2-3;/h1H3,(H,3,4);3H,1-2H2;/q;;+1/p-1. The third kappa shape index (κ3) is 1370. The first-order valence-corrected chi connectivity index (χ1v) is 1.72. The van der Waals surface area contributed by atoms with Crippen LogP contribution >= 0.6 is 0 Å². The van der Waals surface area contributed by atoms with Crippen molar-refractivity contribution >= 4 is 5.97 Å². The van der Waals surface area contributed by atoms with E-state index >= 15 is 0 Å². The Kier molecular flexibility index (Phi) is 30.9. The van der Waals surface area contributed by atoms with Crippen molar-refractivity contribution in [2.45, 2.75) is 6.92 Å². The first kappa shape index (κ1) is 15.8. The average molecular weight is 305 g/mol. The van der Waals surface area contributed by atoms with Crippen molar-refractivity contribution in [1.29, 1.82) is 0 Å². The van der Waals surface area contributed by atoms with Crippen molar-refractivity contribution in [3.05, 3.63) is 6.92 Å². The van der Waals surface area contributed by atoms with E-state index in [0.29, 0.717) is 0 Å². The molecule has 1 N–H and O–H groups in total. The van der Waals surface area contributed by atoms with Crippen LogP contribution in [0.4, 0.5) is 0 Å². The fourth-order valence-corrected chi connectivity index (χ4v) is 0. The number of rotatable bonds is 0. The molecule has 0 spiro atoms. The Morgan fingerprint density at radius 1 is 1.88 bits per heavy atom. The number of hydrogen-bond acceptors (Lipinski definition) is 3. The van der Waals surface area contributed by atoms with Gasteiger partial charge in [0.05, 0.1) is 0 Å². The van der Waals surface area contributed by atoms with E-state index in [4.69, 9.17) is 15.0 Å². The number of hydrogen-bond donors (Lipinski definition) is 1. The Bertz CT molecular complexity index is 42.5. The Morgan fingerprint density at radius 2 is 1.88 bits per heavy atom. The maximum Gasteiger partial charge on any atom is 1.00 e. The van der Waals surface area contributed by atoms with E-state index < -0.39 is 5.97 Å². The van der Waals surface area contributed by atoms with Crippen molar-refractivity contribution in [3.63, 3.8) is 0 Å². The van der Waals surface area contributed by atoms with E-state index in [2.05, 4.69) is 6.92 Å². The number of carboxylic acids is 1. The predicted octanol–water partition coefficient (Wildman–Crippen LogP) is -1.43. The molecule has 2 radical (unpaired) electrons. The summed E-state index contributed by atoms with van der Waals surface area (Å²) < 4.78 is 0. The van der Waals surface area contributed by atoms with E-state index in [1.165, 1.54) is 0 Å². The maximum absolute atomic E-state index is 8.89. The number of carboxylic acid groups (broad SMARTS) is 1. The van der Waals surface area contributed by atoms with Gasteiger partial charge in [0.1, 0.15) is 0 Å². The number of aliphatic hydroxyl groups is 1. The fourth-order valence-electron chi connectivity index (χ4n) is 0. The van der Waals surface area contributed by atoms with Gasteiger partial charge in [-0.3, -0.25) is 0 Å². The fraction of sp³-hybridized carbons (Fsp3) is 0.500. The quantitative estimate of drug-likeness (QED) is 0.558. The number of carbonyl (C=O) groups excluding carboxylic acids is 1. The van der Waals surface area contributed by atoms with Gasteiger partial charge in [0.2, 0.25) is 0 Å². The molecule has 0 amide bonds. The minimum Gasteiger partial charge on any atom is -0.550 e. The summed E-state index contributed by atoms with van der Waals surface area (Å²) in [5.74, 6) is -1.08. The molecule has 4 heteroatoms. The van der Waals surface area contributed by atoms with Crippen LogP contribution in [-0.2, 0) is 32.5 Å². The summed E-state index contributed by atoms with van der Waals surface area (Å²) in [6, 6.07) is 0. The van der Waals surface area contributed by atoms with Crippen molar-refractivity contribution in [3.8, 4) is 0 Å². The van der Waals surface area contributed by atoms with E-state index in [-0.39, 0.29) is 34.3 Å². The van der Waals surface area contributed by atoms with Crippen molar-refractivity contribution in [1.82, 2.24) is 0 Å². The third-order valence-corrected chi connectivity index (χ3v) is 0. The molecule has 0 aliphatic rings. The summed E-state index contributed by atoms with van der Waals surface area (Å²) >= 11 is 0. The summed E-state index contributed by atoms with van der Waals surface area (Å²) in [5.41, 5.74) is 0. The molecule has 0 aromatic heterocycles. The molecule has 0 heterocycles. The molecule has 0 aromatic carbocycles. The van der Waals surface area contributed by atoms with Crippen molar-refractivity contribution in [2.24, 2.45) is 0 Å². The van der Waals surface area contributed by atoms with Crippen molar-refractivity contribution < 1.29 is 42.7 Å². The first-order chi connectivity index (χ1) is 3.15. The van der Waals surface area contributed by atoms with Gasteiger partial charge in [-0.15, -0.1) is 0 Å². The van der Waals surface area contributed by atoms with Crippen LogP contribution in [0, 0.1) is 6.92 Å². The van der Waals surface area contributed by atoms with Crippen LogP contribution in [0.1, 0.15) is 6.92 Å². The molecule has 3 nitrogen and oxygen atoms in total. The molecule has 0 aromatic rings. The smallest absolute Gasteiger partial charge is 0.550 e. The van der Waals surface area contributed by atoms with Gasteiger partial charge in [-0.05, 0) is 13.8 Å². The van der Waals surface area contributed by atoms with Gasteiger partial charge in [-0.1, -0.05) is 0 Å². The predicted molar refractivity (Wildman–Crippen MR) is 23.1 cm³/mol. The van der Waals surface area contributed by atoms with E-state index in [0.717, 1.165) is 6.92 Å². The average Bonchev–Trinajstić information content (AvgIpc) is 1.33. The largest absolute Gasteiger partial charge is 1.00 e. The molecular formula is C4H8HgO3. The summed E-state index contributed by atoms with van der Waals surface area (Å²) in [6.45, 7) is 4.01.